The van der Waals surface area contributed by atoms with Crippen LogP contribution in [0.5, 0.6) is 0 Å². The fourth-order valence-corrected chi connectivity index (χ4v) is 4.45. The number of rotatable bonds is 8. The Morgan fingerprint density at radius 2 is 1.69 bits per heavy atom. The van der Waals surface area contributed by atoms with E-state index in [1.807, 2.05) is 78.2 Å². The molecule has 0 aliphatic heterocycles. The summed E-state index contributed by atoms with van der Waals surface area (Å²) in [5.74, 6) is 0.445. The van der Waals surface area contributed by atoms with Crippen molar-refractivity contribution in [3.63, 3.8) is 0 Å². The molecule has 0 saturated carbocycles. The largest absolute Gasteiger partial charge is 0.469 e. The number of unbranched alkanes of at least 4 members (excludes halogenated alkanes) is 1. The van der Waals surface area contributed by atoms with Gasteiger partial charge in [-0.05, 0) is 31.4 Å². The van der Waals surface area contributed by atoms with Gasteiger partial charge in [0, 0.05) is 18.4 Å². The second kappa shape index (κ2) is 10.1. The first kappa shape index (κ1) is 23.4. The first-order valence-electron chi connectivity index (χ1n) is 12.0. The molecule has 2 aromatic carbocycles. The predicted molar refractivity (Wildman–Crippen MR) is 138 cm³/mol. The zero-order chi connectivity index (χ0) is 25.1. The Morgan fingerprint density at radius 3 is 2.42 bits per heavy atom. The molecule has 0 radical (unpaired) electrons. The number of hydrogen-bond acceptors (Lipinski definition) is 6. The summed E-state index contributed by atoms with van der Waals surface area (Å²) in [6.45, 7) is 2.27. The van der Waals surface area contributed by atoms with Crippen LogP contribution < -0.4 is 5.56 Å². The molecule has 3 aromatic heterocycles. The molecule has 0 aliphatic carbocycles. The second-order valence-electron chi connectivity index (χ2n) is 8.76. The van der Waals surface area contributed by atoms with Gasteiger partial charge in [0.1, 0.15) is 11.3 Å². The van der Waals surface area contributed by atoms with Crippen molar-refractivity contribution in [1.82, 2.24) is 24.4 Å². The summed E-state index contributed by atoms with van der Waals surface area (Å²) in [6, 6.07) is 21.7. The molecule has 36 heavy (non-hydrogen) atoms. The third kappa shape index (κ3) is 4.62. The maximum absolute atomic E-state index is 13.6. The number of ether oxygens (including phenoxy) is 1. The minimum Gasteiger partial charge on any atom is -0.469 e. The van der Waals surface area contributed by atoms with Crippen LogP contribution in [0.15, 0.2) is 71.5 Å². The summed E-state index contributed by atoms with van der Waals surface area (Å²) in [4.78, 5) is 29.9. The van der Waals surface area contributed by atoms with Gasteiger partial charge in [0.15, 0.2) is 0 Å². The van der Waals surface area contributed by atoms with E-state index < -0.39 is 0 Å². The summed E-state index contributed by atoms with van der Waals surface area (Å²) in [5, 5.41) is 10.2. The van der Waals surface area contributed by atoms with Crippen LogP contribution in [0.2, 0.25) is 0 Å². The molecule has 0 fully saturated rings. The van der Waals surface area contributed by atoms with Gasteiger partial charge in [0.25, 0.3) is 5.56 Å². The van der Waals surface area contributed by atoms with Gasteiger partial charge in [-0.25, -0.2) is 14.2 Å². The molecule has 8 heteroatoms. The van der Waals surface area contributed by atoms with Crippen LogP contribution in [0.4, 0.5) is 0 Å². The number of benzene rings is 2. The molecule has 0 bridgehead atoms. The average molecular weight is 482 g/mol. The van der Waals surface area contributed by atoms with E-state index in [4.69, 9.17) is 14.8 Å². The van der Waals surface area contributed by atoms with E-state index in [1.165, 1.54) is 11.8 Å². The predicted octanol–water partition coefficient (Wildman–Crippen LogP) is 4.35. The summed E-state index contributed by atoms with van der Waals surface area (Å²) >= 11 is 0. The van der Waals surface area contributed by atoms with Crippen molar-refractivity contribution in [2.45, 2.75) is 39.2 Å². The van der Waals surface area contributed by atoms with Gasteiger partial charge in [-0.1, -0.05) is 60.7 Å². The molecule has 182 valence electrons. The molecule has 8 nitrogen and oxygen atoms in total. The van der Waals surface area contributed by atoms with Crippen LogP contribution in [-0.2, 0) is 22.5 Å². The van der Waals surface area contributed by atoms with E-state index in [1.54, 1.807) is 0 Å². The van der Waals surface area contributed by atoms with Crippen molar-refractivity contribution in [3.05, 3.63) is 94.2 Å². The van der Waals surface area contributed by atoms with E-state index >= 15 is 0 Å². The second-order valence-corrected chi connectivity index (χ2v) is 8.76. The van der Waals surface area contributed by atoms with Gasteiger partial charge in [-0.3, -0.25) is 9.59 Å². The lowest BCUT2D eigenvalue weighted by atomic mass is 10.1. The molecule has 0 N–H and O–H groups in total. The highest BCUT2D eigenvalue weighted by molar-refractivity contribution is 5.96. The molecule has 3 heterocycles. The standard InChI is InChI=1S/C28H27N5O3/c1-19-26-23-17-22(21-13-7-4-8-14-21)31-33(23)24(15-9-10-16-25(34)36-2)29-27(26)28(35)32(30-19)18-20-11-5-3-6-12-20/h3-8,11-14,17H,9-10,15-16,18H2,1-2H3. The maximum Gasteiger partial charge on any atom is 0.305 e. The number of esters is 1. The minimum atomic E-state index is -0.236. The van der Waals surface area contributed by atoms with Crippen molar-refractivity contribution < 1.29 is 9.53 Å². The topological polar surface area (TPSA) is 91.4 Å². The Bertz CT molecular complexity index is 1590. The van der Waals surface area contributed by atoms with Crippen molar-refractivity contribution >= 4 is 22.4 Å². The van der Waals surface area contributed by atoms with Gasteiger partial charge in [0.2, 0.25) is 0 Å². The first-order valence-corrected chi connectivity index (χ1v) is 12.0. The molecule has 0 aliphatic rings. The molecule has 0 saturated heterocycles. The molecule has 0 amide bonds. The number of aromatic nitrogens is 5. The molecule has 0 spiro atoms. The number of carbonyl (C=O) groups is 1. The number of methoxy groups -OCH3 is 1. The maximum atomic E-state index is 13.6. The van der Waals surface area contributed by atoms with Crippen molar-refractivity contribution in [3.8, 4) is 11.3 Å². The van der Waals surface area contributed by atoms with E-state index in [2.05, 4.69) is 5.10 Å². The highest BCUT2D eigenvalue weighted by atomic mass is 16.5. The summed E-state index contributed by atoms with van der Waals surface area (Å²) in [7, 11) is 1.39. The third-order valence-electron chi connectivity index (χ3n) is 6.26. The lowest BCUT2D eigenvalue weighted by molar-refractivity contribution is -0.140. The lowest BCUT2D eigenvalue weighted by Crippen LogP contribution is -2.26. The van der Waals surface area contributed by atoms with Crippen LogP contribution in [0.1, 0.15) is 36.3 Å². The Labute approximate surface area is 208 Å². The monoisotopic (exact) mass is 481 g/mol. The summed E-state index contributed by atoms with van der Waals surface area (Å²) < 4.78 is 8.05. The van der Waals surface area contributed by atoms with Gasteiger partial charge in [-0.15, -0.1) is 0 Å². The van der Waals surface area contributed by atoms with E-state index in [0.717, 1.165) is 28.0 Å². The molecule has 0 unspecified atom stereocenters. The fourth-order valence-electron chi connectivity index (χ4n) is 4.45. The smallest absolute Gasteiger partial charge is 0.305 e. The van der Waals surface area contributed by atoms with E-state index in [0.29, 0.717) is 49.0 Å². The number of carbonyl (C=O) groups excluding carboxylic acids is 1. The highest BCUT2D eigenvalue weighted by Crippen LogP contribution is 2.26. The minimum absolute atomic E-state index is 0.234. The van der Waals surface area contributed by atoms with Crippen LogP contribution in [0, 0.1) is 6.92 Å². The number of fused-ring (bicyclic) bond motifs is 3. The Kier molecular flexibility index (Phi) is 6.58. The Morgan fingerprint density at radius 1 is 0.972 bits per heavy atom. The van der Waals surface area contributed by atoms with Gasteiger partial charge < -0.3 is 4.74 Å². The van der Waals surface area contributed by atoms with Gasteiger partial charge in [-0.2, -0.15) is 10.2 Å². The molecule has 5 aromatic rings. The fraction of sp³-hybridized carbons (Fsp3) is 0.250. The molecular weight excluding hydrogens is 454 g/mol. The van der Waals surface area contributed by atoms with Crippen molar-refractivity contribution in [2.75, 3.05) is 7.11 Å². The molecule has 0 atom stereocenters. The van der Waals surface area contributed by atoms with Gasteiger partial charge >= 0.3 is 5.97 Å². The normalized spacial score (nSPS) is 11.3. The Hall–Kier alpha value is -4.33. The first-order chi connectivity index (χ1) is 17.5. The van der Waals surface area contributed by atoms with Crippen LogP contribution in [0.25, 0.3) is 27.7 Å². The van der Waals surface area contributed by atoms with Crippen molar-refractivity contribution in [2.24, 2.45) is 0 Å². The summed E-state index contributed by atoms with van der Waals surface area (Å²) in [6.07, 6.45) is 2.28. The lowest BCUT2D eigenvalue weighted by Gasteiger charge is -2.12. The third-order valence-corrected chi connectivity index (χ3v) is 6.26. The zero-order valence-corrected chi connectivity index (χ0v) is 20.3. The van der Waals surface area contributed by atoms with Crippen LogP contribution >= 0.6 is 0 Å². The van der Waals surface area contributed by atoms with Crippen LogP contribution in [0.3, 0.4) is 0 Å². The number of hydrogen-bond donors (Lipinski definition) is 0. The molecule has 5 rings (SSSR count). The van der Waals surface area contributed by atoms with Crippen molar-refractivity contribution in [1.29, 1.82) is 0 Å². The zero-order valence-electron chi connectivity index (χ0n) is 20.3. The molecular formula is C28H27N5O3. The Balaban J connectivity index is 1.64. The average Bonchev–Trinajstić information content (AvgIpc) is 3.36. The van der Waals surface area contributed by atoms with E-state index in [-0.39, 0.29) is 11.5 Å². The number of nitrogens with zero attached hydrogens (tertiary/aromatic N) is 5. The van der Waals surface area contributed by atoms with Gasteiger partial charge in [0.05, 0.1) is 35.9 Å². The van der Waals surface area contributed by atoms with Crippen LogP contribution in [-0.4, -0.2) is 37.5 Å². The quantitative estimate of drug-likeness (QED) is 0.242. The number of aryl methyl sites for hydroxylation is 2. The van der Waals surface area contributed by atoms with E-state index in [9.17, 15) is 9.59 Å². The SMILES string of the molecule is COC(=O)CCCCc1nc2c(=O)n(Cc3ccccc3)nc(C)c2c2cc(-c3ccccc3)nn12. The summed E-state index contributed by atoms with van der Waals surface area (Å²) in [5.41, 5.74) is 4.44. The highest BCUT2D eigenvalue weighted by Gasteiger charge is 2.19.